The van der Waals surface area contributed by atoms with Crippen LogP contribution in [-0.2, 0) is 9.47 Å². The van der Waals surface area contributed by atoms with Crippen LogP contribution < -0.4 is 15.2 Å². The molecule has 0 bridgehead atoms. The van der Waals surface area contributed by atoms with Gasteiger partial charge >= 0.3 is 0 Å². The Kier molecular flexibility index (Phi) is 3.27. The molecule has 2 fully saturated rings. The molecule has 4 rings (SSSR count). The van der Waals surface area contributed by atoms with Crippen LogP contribution in [0, 0.1) is 33.5 Å². The molecule has 134 valence electrons. The molecule has 0 amide bonds. The summed E-state index contributed by atoms with van der Waals surface area (Å²) in [5, 5.41) is 20.2. The van der Waals surface area contributed by atoms with E-state index in [1.807, 2.05) is 6.92 Å². The highest BCUT2D eigenvalue weighted by atomic mass is 16.8. The van der Waals surface area contributed by atoms with E-state index in [1.165, 1.54) is 7.11 Å². The Morgan fingerprint density at radius 3 is 2.58 bits per heavy atom. The molecule has 8 heteroatoms. The number of methoxy groups -OCH3 is 2. The van der Waals surface area contributed by atoms with Crippen molar-refractivity contribution in [3.05, 3.63) is 23.8 Å². The highest BCUT2D eigenvalue weighted by Gasteiger charge is 2.94. The van der Waals surface area contributed by atoms with E-state index < -0.39 is 22.7 Å². The summed E-state index contributed by atoms with van der Waals surface area (Å²) in [6.45, 7) is 2.09. The van der Waals surface area contributed by atoms with Crippen molar-refractivity contribution in [1.29, 1.82) is 10.5 Å². The van der Waals surface area contributed by atoms with Gasteiger partial charge < -0.3 is 24.7 Å². The molecule has 8 nitrogen and oxygen atoms in total. The first-order valence-corrected chi connectivity index (χ1v) is 8.18. The first-order chi connectivity index (χ1) is 12.5. The molecular weight excluding hydrogens is 336 g/mol. The molecular formula is C18H18N4O4. The molecule has 5 atom stereocenters. The summed E-state index contributed by atoms with van der Waals surface area (Å²) in [7, 11) is 3.07. The van der Waals surface area contributed by atoms with Crippen LogP contribution in [0.5, 0.6) is 11.5 Å². The second-order valence-corrected chi connectivity index (χ2v) is 6.70. The molecule has 2 heterocycles. The zero-order valence-electron chi connectivity index (χ0n) is 14.6. The molecule has 1 saturated heterocycles. The average Bonchev–Trinajstić information content (AvgIpc) is 3.04. The van der Waals surface area contributed by atoms with Crippen LogP contribution in [0.25, 0.3) is 0 Å². The van der Waals surface area contributed by atoms with E-state index in [-0.39, 0.29) is 18.5 Å². The van der Waals surface area contributed by atoms with Gasteiger partial charge in [0.15, 0.2) is 5.41 Å². The normalized spacial score (nSPS) is 39.7. The third-order valence-electron chi connectivity index (χ3n) is 5.55. The number of rotatable bonds is 3. The topological polar surface area (TPSA) is 123 Å². The predicted molar refractivity (Wildman–Crippen MR) is 89.2 cm³/mol. The molecule has 1 aromatic rings. The van der Waals surface area contributed by atoms with E-state index in [1.54, 1.807) is 25.3 Å². The number of nitrogens with two attached hydrogens (primary N) is 1. The minimum absolute atomic E-state index is 0.0468. The first-order valence-electron chi connectivity index (χ1n) is 8.18. The average molecular weight is 354 g/mol. The second kappa shape index (κ2) is 5.10. The number of ether oxygens (including phenoxy) is 4. The Hall–Kier alpha value is -2.81. The van der Waals surface area contributed by atoms with Gasteiger partial charge in [-0.25, -0.2) is 4.99 Å². The van der Waals surface area contributed by atoms with Gasteiger partial charge in [-0.3, -0.25) is 0 Å². The van der Waals surface area contributed by atoms with Crippen molar-refractivity contribution >= 4 is 5.84 Å². The van der Waals surface area contributed by atoms with E-state index in [0.29, 0.717) is 17.1 Å². The van der Waals surface area contributed by atoms with Gasteiger partial charge in [0.1, 0.15) is 22.7 Å². The van der Waals surface area contributed by atoms with Crippen molar-refractivity contribution in [1.82, 2.24) is 0 Å². The van der Waals surface area contributed by atoms with Crippen molar-refractivity contribution in [2.24, 2.45) is 21.6 Å². The number of hydrogen-bond donors (Lipinski definition) is 1. The fourth-order valence-corrected chi connectivity index (χ4v) is 4.39. The van der Waals surface area contributed by atoms with Crippen LogP contribution in [0.1, 0.15) is 18.4 Å². The van der Waals surface area contributed by atoms with Crippen LogP contribution in [0.4, 0.5) is 0 Å². The van der Waals surface area contributed by atoms with Gasteiger partial charge in [-0.05, 0) is 25.1 Å². The Labute approximate surface area is 150 Å². The lowest BCUT2D eigenvalue weighted by molar-refractivity contribution is -0.193. The van der Waals surface area contributed by atoms with Crippen molar-refractivity contribution < 1.29 is 18.9 Å². The van der Waals surface area contributed by atoms with E-state index in [4.69, 9.17) is 24.7 Å². The number of nitrogens with zero attached hydrogens (tertiary/aromatic N) is 3. The van der Waals surface area contributed by atoms with Crippen molar-refractivity contribution in [3.8, 4) is 23.6 Å². The largest absolute Gasteiger partial charge is 0.497 e. The maximum atomic E-state index is 10.2. The van der Waals surface area contributed by atoms with Gasteiger partial charge in [0.25, 0.3) is 5.91 Å². The molecule has 26 heavy (non-hydrogen) atoms. The molecule has 1 spiro atoms. The minimum Gasteiger partial charge on any atom is -0.497 e. The highest BCUT2D eigenvalue weighted by Crippen LogP contribution is 2.83. The number of nitriles is 2. The standard InChI is InChI=1S/C18H18N4O4/c1-10-7-25-18(26-10)17(9-20)14(16(17,8-19)15(21)22-18)12-6-11(23-2)4-5-13(12)24-3/h4-6,10,14H,7H2,1-3H3,(H2,21,22)/t10-,14+,16+,17+,18+/m0/s1. The summed E-state index contributed by atoms with van der Waals surface area (Å²) in [6.07, 6.45) is -0.264. The molecule has 0 radical (unpaired) electrons. The molecule has 2 aliphatic heterocycles. The molecule has 1 aliphatic carbocycles. The summed E-state index contributed by atoms with van der Waals surface area (Å²) >= 11 is 0. The molecule has 0 unspecified atom stereocenters. The molecule has 1 aromatic carbocycles. The monoisotopic (exact) mass is 354 g/mol. The van der Waals surface area contributed by atoms with Crippen LogP contribution in [0.2, 0.25) is 0 Å². The Morgan fingerprint density at radius 1 is 1.27 bits per heavy atom. The SMILES string of the molecule is COc1ccc(OC)c([C@H]2[C@@]3(C#N)[C@@]4(N=C(N)[C@@]23C#N)OC[C@H](C)O4)c1. The second-order valence-electron chi connectivity index (χ2n) is 6.70. The third kappa shape index (κ3) is 1.57. The van der Waals surface area contributed by atoms with E-state index >= 15 is 0 Å². The fourth-order valence-electron chi connectivity index (χ4n) is 4.39. The Balaban J connectivity index is 1.94. The van der Waals surface area contributed by atoms with Crippen LogP contribution in [0.15, 0.2) is 23.2 Å². The van der Waals surface area contributed by atoms with E-state index in [2.05, 4.69) is 17.1 Å². The summed E-state index contributed by atoms with van der Waals surface area (Å²) in [6, 6.07) is 9.72. The maximum absolute atomic E-state index is 10.2. The quantitative estimate of drug-likeness (QED) is 0.867. The molecule has 2 N–H and O–H groups in total. The number of hydrogen-bond acceptors (Lipinski definition) is 8. The van der Waals surface area contributed by atoms with Gasteiger partial charge in [-0.1, -0.05) is 0 Å². The fraction of sp³-hybridized carbons (Fsp3) is 0.500. The maximum Gasteiger partial charge on any atom is 0.293 e. The number of amidine groups is 1. The zero-order valence-corrected chi connectivity index (χ0v) is 14.6. The van der Waals surface area contributed by atoms with Crippen molar-refractivity contribution in [2.75, 3.05) is 20.8 Å². The van der Waals surface area contributed by atoms with Gasteiger partial charge in [0.05, 0.1) is 39.1 Å². The predicted octanol–water partition coefficient (Wildman–Crippen LogP) is 1.28. The lowest BCUT2D eigenvalue weighted by Gasteiger charge is -2.26. The van der Waals surface area contributed by atoms with Crippen molar-refractivity contribution in [3.63, 3.8) is 0 Å². The lowest BCUT2D eigenvalue weighted by atomic mass is 9.93. The summed E-state index contributed by atoms with van der Waals surface area (Å²) < 4.78 is 22.5. The van der Waals surface area contributed by atoms with E-state index in [0.717, 1.165) is 0 Å². The minimum atomic E-state index is -1.58. The molecule has 0 aromatic heterocycles. The van der Waals surface area contributed by atoms with Gasteiger partial charge in [0.2, 0.25) is 0 Å². The van der Waals surface area contributed by atoms with Crippen molar-refractivity contribution in [2.45, 2.75) is 24.9 Å². The Morgan fingerprint density at radius 2 is 2.04 bits per heavy atom. The van der Waals surface area contributed by atoms with Crippen LogP contribution in [-0.4, -0.2) is 38.7 Å². The van der Waals surface area contributed by atoms with Crippen LogP contribution in [0.3, 0.4) is 0 Å². The van der Waals surface area contributed by atoms with Gasteiger partial charge in [-0.15, -0.1) is 0 Å². The van der Waals surface area contributed by atoms with E-state index in [9.17, 15) is 10.5 Å². The lowest BCUT2D eigenvalue weighted by Crippen LogP contribution is -2.39. The number of benzene rings is 1. The Bertz CT molecular complexity index is 903. The number of fused-ring (bicyclic) bond motifs is 2. The zero-order chi connectivity index (χ0) is 18.7. The smallest absolute Gasteiger partial charge is 0.293 e. The summed E-state index contributed by atoms with van der Waals surface area (Å²) in [4.78, 5) is 4.29. The first kappa shape index (κ1) is 16.6. The number of aliphatic imine (C=N–C) groups is 1. The molecule has 3 aliphatic rings. The summed E-state index contributed by atoms with van der Waals surface area (Å²) in [5.74, 6) is -1.04. The van der Waals surface area contributed by atoms with Gasteiger partial charge in [0, 0.05) is 11.5 Å². The van der Waals surface area contributed by atoms with Gasteiger partial charge in [-0.2, -0.15) is 10.5 Å². The van der Waals surface area contributed by atoms with Crippen LogP contribution >= 0.6 is 0 Å². The highest BCUT2D eigenvalue weighted by molar-refractivity contribution is 6.00. The third-order valence-corrected chi connectivity index (χ3v) is 5.55. The molecule has 1 saturated carbocycles. The summed E-state index contributed by atoms with van der Waals surface area (Å²) in [5.41, 5.74) is 4.07.